The average Bonchev–Trinajstić information content (AvgIpc) is 1.34. The quantitative estimate of drug-likeness (QED) is 0.0222. The molecule has 0 bridgehead atoms. The molecule has 0 saturated carbocycles. The molecule has 0 rings (SSSR count). The Morgan fingerprint density at radius 1 is 0.276 bits per heavy atom. The largest absolute Gasteiger partial charge is 0.472 e. The lowest BCUT2D eigenvalue weighted by Gasteiger charge is -2.21. The number of carbonyl (C=O) groups excluding carboxylic acids is 4. The summed E-state index contributed by atoms with van der Waals surface area (Å²) in [5, 5.41) is 10.6. The molecule has 0 amide bonds. The minimum atomic E-state index is -4.96. The van der Waals surface area contributed by atoms with E-state index in [9.17, 15) is 43.2 Å². The summed E-state index contributed by atoms with van der Waals surface area (Å²) in [5.41, 5.74) is 0. The molecule has 0 aromatic heterocycles. The van der Waals surface area contributed by atoms with E-state index in [1.54, 1.807) is 0 Å². The molecule has 19 heteroatoms. The number of hydrogen-bond donors (Lipinski definition) is 3. The zero-order valence-corrected chi connectivity index (χ0v) is 65.7. The van der Waals surface area contributed by atoms with Gasteiger partial charge in [-0.2, -0.15) is 0 Å². The standard InChI is InChI=1S/C79H154O17P2/c1-6-9-12-15-18-21-24-26-28-30-32-34-38-43-48-53-58-63-77(82)90-69-75(95-78(83)64-59-54-49-44-39-35-33-31-29-27-25-22-19-16-13-10-7-2)71-94-98(87,88)92-67-73(80)66-91-97(85,86)93-70-74(68-89-76(81)62-57-52-47-42-23-20-17-14-11-8-3)96-79(84)65-60-55-50-45-40-36-37-41-46-51-56-61-72(4)5/h72-75,80H,6-71H2,1-5H3,(H,85,86)(H,87,88)/t73-,74+,75+/m0/s1. The van der Waals surface area contributed by atoms with Gasteiger partial charge in [-0.1, -0.05) is 369 Å². The van der Waals surface area contributed by atoms with Crippen molar-refractivity contribution < 1.29 is 80.2 Å². The molecule has 0 aliphatic carbocycles. The highest BCUT2D eigenvalue weighted by molar-refractivity contribution is 7.47. The number of phosphoric acid groups is 2. The summed E-state index contributed by atoms with van der Waals surface area (Å²) in [7, 11) is -9.91. The molecule has 0 fully saturated rings. The molecule has 2 unspecified atom stereocenters. The lowest BCUT2D eigenvalue weighted by Crippen LogP contribution is -2.30. The first kappa shape index (κ1) is 96.1. The Bertz CT molecular complexity index is 1870. The molecule has 0 saturated heterocycles. The van der Waals surface area contributed by atoms with E-state index in [1.807, 2.05) is 0 Å². The second-order valence-corrected chi connectivity index (χ2v) is 31.8. The van der Waals surface area contributed by atoms with Crippen LogP contribution in [-0.2, 0) is 65.4 Å². The van der Waals surface area contributed by atoms with Crippen LogP contribution in [-0.4, -0.2) is 96.7 Å². The normalized spacial score (nSPS) is 13.9. The van der Waals surface area contributed by atoms with Crippen molar-refractivity contribution in [2.24, 2.45) is 5.92 Å². The molecule has 0 radical (unpaired) electrons. The third-order valence-corrected chi connectivity index (χ3v) is 20.4. The lowest BCUT2D eigenvalue weighted by molar-refractivity contribution is -0.161. The van der Waals surface area contributed by atoms with E-state index in [2.05, 4.69) is 34.6 Å². The van der Waals surface area contributed by atoms with E-state index in [1.165, 1.54) is 244 Å². The van der Waals surface area contributed by atoms with Crippen LogP contribution in [0.2, 0.25) is 0 Å². The zero-order chi connectivity index (χ0) is 71.9. The number of aliphatic hydroxyl groups excluding tert-OH is 1. The summed E-state index contributed by atoms with van der Waals surface area (Å²) in [4.78, 5) is 72.9. The number of rotatable bonds is 79. The van der Waals surface area contributed by atoms with E-state index >= 15 is 0 Å². The first-order valence-corrected chi connectivity index (χ1v) is 44.1. The summed E-state index contributed by atoms with van der Waals surface area (Å²) in [6.45, 7) is 7.31. The number of esters is 4. The number of unbranched alkanes of at least 4 members (excludes halogenated alkanes) is 51. The molecule has 3 N–H and O–H groups in total. The highest BCUT2D eigenvalue weighted by Crippen LogP contribution is 2.45. The Morgan fingerprint density at radius 2 is 0.469 bits per heavy atom. The molecular formula is C79H154O17P2. The second-order valence-electron chi connectivity index (χ2n) is 28.9. The zero-order valence-electron chi connectivity index (χ0n) is 63.9. The van der Waals surface area contributed by atoms with E-state index in [4.69, 9.17) is 37.0 Å². The molecule has 17 nitrogen and oxygen atoms in total. The summed E-state index contributed by atoms with van der Waals surface area (Å²) in [5.74, 6) is -1.34. The van der Waals surface area contributed by atoms with Gasteiger partial charge in [0.15, 0.2) is 12.2 Å². The molecule has 0 aromatic rings. The minimum Gasteiger partial charge on any atom is -0.462 e. The van der Waals surface area contributed by atoms with Crippen LogP contribution >= 0.6 is 15.6 Å². The molecule has 0 spiro atoms. The molecule has 0 aliphatic rings. The molecule has 0 aromatic carbocycles. The molecule has 98 heavy (non-hydrogen) atoms. The smallest absolute Gasteiger partial charge is 0.462 e. The van der Waals surface area contributed by atoms with Crippen LogP contribution in [0.15, 0.2) is 0 Å². The average molecular weight is 1440 g/mol. The Labute approximate surface area is 600 Å². The van der Waals surface area contributed by atoms with Gasteiger partial charge in [-0.15, -0.1) is 0 Å². The van der Waals surface area contributed by atoms with Crippen LogP contribution in [0.5, 0.6) is 0 Å². The van der Waals surface area contributed by atoms with Crippen LogP contribution in [0.4, 0.5) is 0 Å². The number of aliphatic hydroxyl groups is 1. The number of phosphoric ester groups is 2. The third kappa shape index (κ3) is 72.4. The molecular weight excluding hydrogens is 1280 g/mol. The fraction of sp³-hybridized carbons (Fsp3) is 0.949. The summed E-state index contributed by atoms with van der Waals surface area (Å²) in [6, 6.07) is 0. The number of ether oxygens (including phenoxy) is 4. The maximum absolute atomic E-state index is 13.1. The van der Waals surface area contributed by atoms with Crippen molar-refractivity contribution >= 4 is 39.5 Å². The van der Waals surface area contributed by atoms with Crippen molar-refractivity contribution in [1.82, 2.24) is 0 Å². The van der Waals surface area contributed by atoms with Crippen LogP contribution < -0.4 is 0 Å². The second kappa shape index (κ2) is 72.0. The van der Waals surface area contributed by atoms with Crippen molar-refractivity contribution in [1.29, 1.82) is 0 Å². The monoisotopic (exact) mass is 1440 g/mol. The first-order chi connectivity index (χ1) is 47.5. The van der Waals surface area contributed by atoms with E-state index in [0.29, 0.717) is 25.7 Å². The Morgan fingerprint density at radius 3 is 0.694 bits per heavy atom. The van der Waals surface area contributed by atoms with Crippen LogP contribution in [0.25, 0.3) is 0 Å². The minimum absolute atomic E-state index is 0.107. The Hall–Kier alpha value is -1.94. The Balaban J connectivity index is 5.24. The molecule has 5 atom stereocenters. The summed E-state index contributed by atoms with van der Waals surface area (Å²) in [6.07, 6.45) is 62.3. The van der Waals surface area contributed by atoms with Gasteiger partial charge in [0.1, 0.15) is 19.3 Å². The van der Waals surface area contributed by atoms with Crippen molar-refractivity contribution in [3.05, 3.63) is 0 Å². The van der Waals surface area contributed by atoms with E-state index < -0.39 is 97.5 Å². The highest BCUT2D eigenvalue weighted by atomic mass is 31.2. The topological polar surface area (TPSA) is 237 Å². The van der Waals surface area contributed by atoms with E-state index in [0.717, 1.165) is 95.8 Å². The van der Waals surface area contributed by atoms with Gasteiger partial charge in [0.25, 0.3) is 0 Å². The van der Waals surface area contributed by atoms with Crippen molar-refractivity contribution in [2.75, 3.05) is 39.6 Å². The fourth-order valence-corrected chi connectivity index (χ4v) is 13.8. The molecule has 0 heterocycles. The van der Waals surface area contributed by atoms with Gasteiger partial charge in [0.05, 0.1) is 26.4 Å². The Kier molecular flexibility index (Phi) is 70.6. The fourth-order valence-electron chi connectivity index (χ4n) is 12.2. The highest BCUT2D eigenvalue weighted by Gasteiger charge is 2.30. The van der Waals surface area contributed by atoms with Gasteiger partial charge in [-0.05, 0) is 31.6 Å². The van der Waals surface area contributed by atoms with Crippen LogP contribution in [0, 0.1) is 5.92 Å². The van der Waals surface area contributed by atoms with Crippen molar-refractivity contribution in [3.8, 4) is 0 Å². The third-order valence-electron chi connectivity index (χ3n) is 18.5. The number of hydrogen-bond acceptors (Lipinski definition) is 15. The SMILES string of the molecule is CCCCCCCCCCCCCCCCCCCC(=O)OC[C@H](COP(=O)(O)OC[C@@H](O)COP(=O)(O)OC[C@@H](COC(=O)CCCCCCCCCCCC)OC(=O)CCCCCCCCCCCCCC(C)C)OC(=O)CCCCCCCCCCCCCCCCCCC. The van der Waals surface area contributed by atoms with Gasteiger partial charge in [0.2, 0.25) is 0 Å². The number of carbonyl (C=O) groups is 4. The van der Waals surface area contributed by atoms with Crippen molar-refractivity contribution in [2.45, 2.75) is 438 Å². The van der Waals surface area contributed by atoms with Crippen LogP contribution in [0.3, 0.4) is 0 Å². The van der Waals surface area contributed by atoms with Gasteiger partial charge in [-0.3, -0.25) is 37.3 Å². The van der Waals surface area contributed by atoms with Gasteiger partial charge < -0.3 is 33.8 Å². The molecule has 0 aliphatic heterocycles. The summed E-state index contributed by atoms with van der Waals surface area (Å²) >= 11 is 0. The lowest BCUT2D eigenvalue weighted by atomic mass is 10.0. The predicted molar refractivity (Wildman–Crippen MR) is 400 cm³/mol. The molecule has 582 valence electrons. The van der Waals surface area contributed by atoms with Crippen LogP contribution in [0.1, 0.15) is 420 Å². The first-order valence-electron chi connectivity index (χ1n) is 41.1. The predicted octanol–water partition coefficient (Wildman–Crippen LogP) is 23.6. The van der Waals surface area contributed by atoms with E-state index in [-0.39, 0.29) is 25.7 Å². The maximum Gasteiger partial charge on any atom is 0.472 e. The van der Waals surface area contributed by atoms with Gasteiger partial charge in [0, 0.05) is 25.7 Å². The van der Waals surface area contributed by atoms with Crippen molar-refractivity contribution in [3.63, 3.8) is 0 Å². The summed E-state index contributed by atoms with van der Waals surface area (Å²) < 4.78 is 68.6. The van der Waals surface area contributed by atoms with Gasteiger partial charge in [-0.25, -0.2) is 9.13 Å². The van der Waals surface area contributed by atoms with Gasteiger partial charge >= 0.3 is 39.5 Å². The maximum atomic E-state index is 13.1.